The van der Waals surface area contributed by atoms with Gasteiger partial charge in [0.25, 0.3) is 0 Å². The molecule has 0 heterocycles. The van der Waals surface area contributed by atoms with Gasteiger partial charge in [0.2, 0.25) is 0 Å². The van der Waals surface area contributed by atoms with Crippen LogP contribution in [0.5, 0.6) is 0 Å². The van der Waals surface area contributed by atoms with Crippen LogP contribution >= 0.6 is 0 Å². The van der Waals surface area contributed by atoms with Crippen LogP contribution in [0.3, 0.4) is 0 Å². The van der Waals surface area contributed by atoms with E-state index in [1.165, 1.54) is 49.8 Å². The van der Waals surface area contributed by atoms with Crippen LogP contribution in [0.15, 0.2) is 42.5 Å². The maximum Gasteiger partial charge on any atom is 0.386 e. The SMILES string of the molecule is CCC1CCC(c2ccc(C(F)(F)OC(C)c3ccc(C4CCC(C)CC4)cc3)c(F)c2)CC1. The topological polar surface area (TPSA) is 9.23 Å². The Labute approximate surface area is 203 Å². The summed E-state index contributed by atoms with van der Waals surface area (Å²) in [6, 6.07) is 12.0. The monoisotopic (exact) mass is 472 g/mol. The van der Waals surface area contributed by atoms with Crippen LogP contribution in [0.4, 0.5) is 13.2 Å². The molecule has 0 saturated heterocycles. The summed E-state index contributed by atoms with van der Waals surface area (Å²) in [6.07, 6.45) is 5.71. The van der Waals surface area contributed by atoms with Crippen molar-refractivity contribution in [2.75, 3.05) is 0 Å². The van der Waals surface area contributed by atoms with Gasteiger partial charge in [-0.1, -0.05) is 63.4 Å². The molecule has 4 heteroatoms. The molecule has 1 nitrogen and oxygen atoms in total. The van der Waals surface area contributed by atoms with E-state index in [0.717, 1.165) is 43.1 Å². The van der Waals surface area contributed by atoms with Gasteiger partial charge < -0.3 is 4.74 Å². The number of hydrogen-bond acceptors (Lipinski definition) is 1. The van der Waals surface area contributed by atoms with E-state index in [9.17, 15) is 13.2 Å². The van der Waals surface area contributed by atoms with Crippen LogP contribution in [-0.2, 0) is 10.8 Å². The summed E-state index contributed by atoms with van der Waals surface area (Å²) in [7, 11) is 0. The summed E-state index contributed by atoms with van der Waals surface area (Å²) in [5, 5.41) is 0. The summed E-state index contributed by atoms with van der Waals surface area (Å²) in [5.74, 6) is 1.45. The average molecular weight is 473 g/mol. The van der Waals surface area contributed by atoms with Crippen molar-refractivity contribution >= 4 is 0 Å². The quantitative estimate of drug-likeness (QED) is 0.390. The van der Waals surface area contributed by atoms with Gasteiger partial charge in [0.1, 0.15) is 5.82 Å². The third kappa shape index (κ3) is 5.87. The van der Waals surface area contributed by atoms with E-state index in [1.807, 2.05) is 24.3 Å². The molecule has 2 fully saturated rings. The first-order valence-corrected chi connectivity index (χ1v) is 13.2. The lowest BCUT2D eigenvalue weighted by molar-refractivity contribution is -0.273. The van der Waals surface area contributed by atoms with Gasteiger partial charge in [-0.2, -0.15) is 8.78 Å². The first-order valence-electron chi connectivity index (χ1n) is 13.2. The maximum atomic E-state index is 15.0. The number of benzene rings is 2. The van der Waals surface area contributed by atoms with Crippen LogP contribution in [0.1, 0.15) is 119 Å². The molecule has 186 valence electrons. The van der Waals surface area contributed by atoms with Crippen molar-refractivity contribution < 1.29 is 17.9 Å². The van der Waals surface area contributed by atoms with E-state index in [0.29, 0.717) is 11.5 Å². The number of hydrogen-bond donors (Lipinski definition) is 0. The van der Waals surface area contributed by atoms with Crippen LogP contribution < -0.4 is 0 Å². The van der Waals surface area contributed by atoms with E-state index in [1.54, 1.807) is 13.0 Å². The molecular formula is C30H39F3O. The molecule has 2 aliphatic rings. The second-order valence-corrected chi connectivity index (χ2v) is 10.8. The van der Waals surface area contributed by atoms with Gasteiger partial charge in [-0.05, 0) is 97.9 Å². The second-order valence-electron chi connectivity index (χ2n) is 10.8. The van der Waals surface area contributed by atoms with Crippen LogP contribution in [0.25, 0.3) is 0 Å². The zero-order valence-electron chi connectivity index (χ0n) is 20.8. The average Bonchev–Trinajstić information content (AvgIpc) is 2.84. The fraction of sp³-hybridized carbons (Fsp3) is 0.600. The van der Waals surface area contributed by atoms with Gasteiger partial charge in [0, 0.05) is 0 Å². The fourth-order valence-corrected chi connectivity index (χ4v) is 5.91. The predicted molar refractivity (Wildman–Crippen MR) is 132 cm³/mol. The summed E-state index contributed by atoms with van der Waals surface area (Å²) in [5.41, 5.74) is 2.09. The number of rotatable bonds is 7. The Morgan fingerprint density at radius 2 is 1.41 bits per heavy atom. The Kier molecular flexibility index (Phi) is 8.07. The zero-order chi connectivity index (χ0) is 24.3. The van der Waals surface area contributed by atoms with E-state index in [4.69, 9.17) is 4.74 Å². The van der Waals surface area contributed by atoms with Gasteiger partial charge in [0.15, 0.2) is 0 Å². The van der Waals surface area contributed by atoms with Gasteiger partial charge >= 0.3 is 6.11 Å². The molecule has 0 amide bonds. The van der Waals surface area contributed by atoms with Crippen molar-refractivity contribution in [3.05, 3.63) is 70.5 Å². The van der Waals surface area contributed by atoms with Crippen LogP contribution in [0.2, 0.25) is 0 Å². The third-order valence-corrected chi connectivity index (χ3v) is 8.42. The lowest BCUT2D eigenvalue weighted by atomic mass is 9.78. The van der Waals surface area contributed by atoms with Crippen molar-refractivity contribution in [3.8, 4) is 0 Å². The highest BCUT2D eigenvalue weighted by Crippen LogP contribution is 2.41. The minimum atomic E-state index is -3.69. The fourth-order valence-electron chi connectivity index (χ4n) is 5.91. The third-order valence-electron chi connectivity index (χ3n) is 8.42. The minimum absolute atomic E-state index is 0.255. The molecule has 2 aromatic carbocycles. The Morgan fingerprint density at radius 1 is 0.853 bits per heavy atom. The molecule has 34 heavy (non-hydrogen) atoms. The molecule has 0 spiro atoms. The molecule has 1 unspecified atom stereocenters. The van der Waals surface area contributed by atoms with Crippen LogP contribution in [-0.4, -0.2) is 0 Å². The molecule has 2 aromatic rings. The molecular weight excluding hydrogens is 433 g/mol. The summed E-state index contributed by atoms with van der Waals surface area (Å²) >= 11 is 0. The molecule has 2 aliphatic carbocycles. The Bertz CT molecular complexity index is 923. The van der Waals surface area contributed by atoms with Crippen LogP contribution in [0, 0.1) is 17.7 Å². The lowest BCUT2D eigenvalue weighted by Crippen LogP contribution is -2.22. The predicted octanol–water partition coefficient (Wildman–Crippen LogP) is 9.63. The van der Waals surface area contributed by atoms with Crippen molar-refractivity contribution in [1.29, 1.82) is 0 Å². The summed E-state index contributed by atoms with van der Waals surface area (Å²) < 4.78 is 49.9. The van der Waals surface area contributed by atoms with Crippen molar-refractivity contribution in [1.82, 2.24) is 0 Å². The molecule has 0 bridgehead atoms. The smallest absolute Gasteiger partial charge is 0.309 e. The molecule has 0 aliphatic heterocycles. The van der Waals surface area contributed by atoms with Gasteiger partial charge in [-0.3, -0.25) is 0 Å². The zero-order valence-corrected chi connectivity index (χ0v) is 20.8. The normalized spacial score (nSPS) is 26.9. The van der Waals surface area contributed by atoms with Crippen molar-refractivity contribution in [3.63, 3.8) is 0 Å². The standard InChI is InChI=1S/C30H39F3O/c1-4-22-7-11-26(12-8-22)27-17-18-28(29(31)19-27)30(32,33)34-21(3)23-13-15-25(16-14-23)24-9-5-20(2)6-10-24/h13-22,24,26H,4-12H2,1-3H3. The maximum absolute atomic E-state index is 15.0. The first kappa shape index (κ1) is 25.3. The van der Waals surface area contributed by atoms with E-state index in [-0.39, 0.29) is 5.92 Å². The largest absolute Gasteiger partial charge is 0.386 e. The summed E-state index contributed by atoms with van der Waals surface area (Å²) in [4.78, 5) is 0. The number of halogens is 3. The van der Waals surface area contributed by atoms with Crippen molar-refractivity contribution in [2.45, 2.75) is 103 Å². The highest BCUT2D eigenvalue weighted by Gasteiger charge is 2.38. The van der Waals surface area contributed by atoms with Gasteiger partial charge in [0.05, 0.1) is 11.7 Å². The Hall–Kier alpha value is -1.81. The Morgan fingerprint density at radius 3 is 2.00 bits per heavy atom. The molecule has 1 atom stereocenters. The number of alkyl halides is 2. The Balaban J connectivity index is 1.40. The second kappa shape index (κ2) is 10.8. The lowest BCUT2D eigenvalue weighted by Gasteiger charge is -2.29. The minimum Gasteiger partial charge on any atom is -0.309 e. The first-order chi connectivity index (χ1) is 16.3. The van der Waals surface area contributed by atoms with E-state index >= 15 is 0 Å². The number of ether oxygens (including phenoxy) is 1. The van der Waals surface area contributed by atoms with Crippen molar-refractivity contribution in [2.24, 2.45) is 11.8 Å². The van der Waals surface area contributed by atoms with E-state index in [2.05, 4.69) is 13.8 Å². The molecule has 4 rings (SSSR count). The van der Waals surface area contributed by atoms with Gasteiger partial charge in [-0.15, -0.1) is 0 Å². The van der Waals surface area contributed by atoms with E-state index < -0.39 is 23.6 Å². The summed E-state index contributed by atoms with van der Waals surface area (Å²) in [6.45, 7) is 6.10. The molecule has 0 aromatic heterocycles. The van der Waals surface area contributed by atoms with Gasteiger partial charge in [-0.25, -0.2) is 4.39 Å². The molecule has 0 N–H and O–H groups in total. The highest BCUT2D eigenvalue weighted by molar-refractivity contribution is 5.30. The highest BCUT2D eigenvalue weighted by atomic mass is 19.3. The molecule has 0 radical (unpaired) electrons. The molecule has 2 saturated carbocycles.